The summed E-state index contributed by atoms with van der Waals surface area (Å²) in [6.45, 7) is 4.84. The van der Waals surface area contributed by atoms with Gasteiger partial charge in [-0.2, -0.15) is 17.4 Å². The average Bonchev–Trinajstić information content (AvgIpc) is 2.29. The van der Waals surface area contributed by atoms with Gasteiger partial charge in [0.15, 0.2) is 0 Å². The van der Waals surface area contributed by atoms with Crippen molar-refractivity contribution in [2.45, 2.75) is 31.8 Å². The van der Waals surface area contributed by atoms with Crippen LogP contribution < -0.4 is 10.0 Å². The SMILES string of the molecule is CC1CC(NS(=O)(=O)N2CCOCC2)CCN1. The van der Waals surface area contributed by atoms with Crippen molar-refractivity contribution in [1.82, 2.24) is 14.3 Å². The van der Waals surface area contributed by atoms with E-state index >= 15 is 0 Å². The summed E-state index contributed by atoms with van der Waals surface area (Å²) in [6.07, 6.45) is 1.71. The molecule has 100 valence electrons. The second-order valence-electron chi connectivity index (χ2n) is 4.71. The molecular weight excluding hydrogens is 242 g/mol. The molecule has 0 aromatic carbocycles. The number of morpholine rings is 1. The monoisotopic (exact) mass is 263 g/mol. The van der Waals surface area contributed by atoms with Crippen molar-refractivity contribution < 1.29 is 13.2 Å². The first-order chi connectivity index (χ1) is 8.08. The lowest BCUT2D eigenvalue weighted by molar-refractivity contribution is 0.0722. The van der Waals surface area contributed by atoms with Gasteiger partial charge in [0.2, 0.25) is 0 Å². The summed E-state index contributed by atoms with van der Waals surface area (Å²) in [5, 5.41) is 3.31. The molecule has 2 aliphatic heterocycles. The van der Waals surface area contributed by atoms with E-state index in [0.717, 1.165) is 19.4 Å². The molecule has 6 nitrogen and oxygen atoms in total. The highest BCUT2D eigenvalue weighted by Gasteiger charge is 2.28. The van der Waals surface area contributed by atoms with Crippen molar-refractivity contribution in [3.05, 3.63) is 0 Å². The topological polar surface area (TPSA) is 70.7 Å². The fraction of sp³-hybridized carbons (Fsp3) is 1.00. The predicted octanol–water partition coefficient (Wildman–Crippen LogP) is -0.706. The Balaban J connectivity index is 1.91. The molecule has 2 N–H and O–H groups in total. The number of hydrogen-bond acceptors (Lipinski definition) is 4. The molecule has 17 heavy (non-hydrogen) atoms. The van der Waals surface area contributed by atoms with Crippen molar-refractivity contribution in [3.63, 3.8) is 0 Å². The number of ether oxygens (including phenoxy) is 1. The zero-order chi connectivity index (χ0) is 12.3. The fourth-order valence-corrected chi connectivity index (χ4v) is 3.73. The van der Waals surface area contributed by atoms with Gasteiger partial charge in [-0.1, -0.05) is 0 Å². The van der Waals surface area contributed by atoms with Crippen molar-refractivity contribution in [2.24, 2.45) is 0 Å². The molecule has 0 spiro atoms. The Kier molecular flexibility index (Phi) is 4.37. The molecule has 2 atom stereocenters. The summed E-state index contributed by atoms with van der Waals surface area (Å²) in [4.78, 5) is 0. The van der Waals surface area contributed by atoms with Crippen molar-refractivity contribution in [3.8, 4) is 0 Å². The summed E-state index contributed by atoms with van der Waals surface area (Å²) in [5.74, 6) is 0. The number of nitrogens with one attached hydrogen (secondary N) is 2. The van der Waals surface area contributed by atoms with Crippen LogP contribution in [0, 0.1) is 0 Å². The smallest absolute Gasteiger partial charge is 0.279 e. The number of piperidine rings is 1. The van der Waals surface area contributed by atoms with Crippen LogP contribution in [-0.2, 0) is 14.9 Å². The predicted molar refractivity (Wildman–Crippen MR) is 64.9 cm³/mol. The van der Waals surface area contributed by atoms with E-state index in [1.807, 2.05) is 0 Å². The van der Waals surface area contributed by atoms with Gasteiger partial charge in [-0.3, -0.25) is 0 Å². The summed E-state index contributed by atoms with van der Waals surface area (Å²) < 4.78 is 33.6. The lowest BCUT2D eigenvalue weighted by Gasteiger charge is -2.32. The maximum Gasteiger partial charge on any atom is 0.279 e. The molecule has 0 aromatic heterocycles. The first-order valence-electron chi connectivity index (χ1n) is 6.16. The van der Waals surface area contributed by atoms with E-state index in [9.17, 15) is 8.42 Å². The third-order valence-electron chi connectivity index (χ3n) is 3.25. The van der Waals surface area contributed by atoms with Gasteiger partial charge in [-0.25, -0.2) is 0 Å². The Morgan fingerprint density at radius 1 is 1.35 bits per heavy atom. The largest absolute Gasteiger partial charge is 0.379 e. The van der Waals surface area contributed by atoms with E-state index in [1.54, 1.807) is 0 Å². The van der Waals surface area contributed by atoms with Crippen LogP contribution in [0.4, 0.5) is 0 Å². The van der Waals surface area contributed by atoms with E-state index in [4.69, 9.17) is 4.74 Å². The van der Waals surface area contributed by atoms with Gasteiger partial charge in [0.1, 0.15) is 0 Å². The van der Waals surface area contributed by atoms with Crippen LogP contribution in [0.15, 0.2) is 0 Å². The summed E-state index contributed by atoms with van der Waals surface area (Å²) in [6, 6.07) is 0.431. The highest BCUT2D eigenvalue weighted by molar-refractivity contribution is 7.87. The van der Waals surface area contributed by atoms with E-state index in [1.165, 1.54) is 4.31 Å². The maximum atomic E-state index is 12.1. The number of hydrogen-bond donors (Lipinski definition) is 2. The number of nitrogens with zero attached hydrogens (tertiary/aromatic N) is 1. The molecule has 2 fully saturated rings. The van der Waals surface area contributed by atoms with Crippen LogP contribution in [-0.4, -0.2) is 57.7 Å². The van der Waals surface area contributed by atoms with Gasteiger partial charge >= 0.3 is 0 Å². The Bertz CT molecular complexity index is 341. The van der Waals surface area contributed by atoms with Crippen LogP contribution in [0.5, 0.6) is 0 Å². The summed E-state index contributed by atoms with van der Waals surface area (Å²) >= 11 is 0. The average molecular weight is 263 g/mol. The summed E-state index contributed by atoms with van der Waals surface area (Å²) in [7, 11) is -3.33. The van der Waals surface area contributed by atoms with Gasteiger partial charge in [-0.05, 0) is 26.3 Å². The molecule has 2 heterocycles. The molecule has 0 amide bonds. The van der Waals surface area contributed by atoms with Crippen molar-refractivity contribution in [1.29, 1.82) is 0 Å². The highest BCUT2D eigenvalue weighted by Crippen LogP contribution is 2.11. The third kappa shape index (κ3) is 3.62. The zero-order valence-corrected chi connectivity index (χ0v) is 11.0. The van der Waals surface area contributed by atoms with Crippen LogP contribution in [0.1, 0.15) is 19.8 Å². The minimum atomic E-state index is -3.33. The Morgan fingerprint density at radius 2 is 2.06 bits per heavy atom. The molecule has 2 saturated heterocycles. The zero-order valence-electron chi connectivity index (χ0n) is 10.2. The van der Waals surface area contributed by atoms with Gasteiger partial charge < -0.3 is 10.1 Å². The molecule has 2 rings (SSSR count). The maximum absolute atomic E-state index is 12.1. The molecule has 2 unspecified atom stereocenters. The molecular formula is C10H21N3O3S. The molecule has 0 aliphatic carbocycles. The Labute approximate surface area is 103 Å². The lowest BCUT2D eigenvalue weighted by atomic mass is 10.0. The van der Waals surface area contributed by atoms with Crippen molar-refractivity contribution >= 4 is 10.2 Å². The minimum absolute atomic E-state index is 0.0547. The van der Waals surface area contributed by atoms with E-state index in [2.05, 4.69) is 17.0 Å². The second kappa shape index (κ2) is 5.62. The van der Waals surface area contributed by atoms with E-state index in [0.29, 0.717) is 32.3 Å². The first-order valence-corrected chi connectivity index (χ1v) is 7.60. The molecule has 2 aliphatic rings. The normalized spacial score (nSPS) is 32.5. The van der Waals surface area contributed by atoms with E-state index < -0.39 is 10.2 Å². The number of rotatable bonds is 3. The molecule has 0 saturated carbocycles. The molecule has 0 radical (unpaired) electrons. The third-order valence-corrected chi connectivity index (χ3v) is 4.93. The highest BCUT2D eigenvalue weighted by atomic mass is 32.2. The van der Waals surface area contributed by atoms with E-state index in [-0.39, 0.29) is 6.04 Å². The summed E-state index contributed by atoms with van der Waals surface area (Å²) in [5.41, 5.74) is 0. The van der Waals surface area contributed by atoms with Crippen LogP contribution in [0.3, 0.4) is 0 Å². The second-order valence-corrected chi connectivity index (χ2v) is 6.41. The van der Waals surface area contributed by atoms with Gasteiger partial charge in [0.25, 0.3) is 10.2 Å². The molecule has 0 aromatic rings. The van der Waals surface area contributed by atoms with Crippen LogP contribution in [0.25, 0.3) is 0 Å². The lowest BCUT2D eigenvalue weighted by Crippen LogP contribution is -2.52. The standard InChI is InChI=1S/C10H21N3O3S/c1-9-8-10(2-3-11-9)12-17(14,15)13-4-6-16-7-5-13/h9-12H,2-8H2,1H3. The van der Waals surface area contributed by atoms with Gasteiger partial charge in [-0.15, -0.1) is 0 Å². The first kappa shape index (κ1) is 13.2. The molecule has 7 heteroatoms. The van der Waals surface area contributed by atoms with Crippen LogP contribution in [0.2, 0.25) is 0 Å². The fourth-order valence-electron chi connectivity index (χ4n) is 2.31. The van der Waals surface area contributed by atoms with Crippen molar-refractivity contribution in [2.75, 3.05) is 32.8 Å². The quantitative estimate of drug-likeness (QED) is 0.706. The van der Waals surface area contributed by atoms with Gasteiger partial charge in [0.05, 0.1) is 13.2 Å². The van der Waals surface area contributed by atoms with Gasteiger partial charge in [0, 0.05) is 25.2 Å². The van der Waals surface area contributed by atoms with Crippen LogP contribution >= 0.6 is 0 Å². The minimum Gasteiger partial charge on any atom is -0.379 e. The Hall–Kier alpha value is -0.210. The Morgan fingerprint density at radius 3 is 2.71 bits per heavy atom. The molecule has 0 bridgehead atoms.